The topological polar surface area (TPSA) is 114 Å². The minimum absolute atomic E-state index is 0.0503. The lowest BCUT2D eigenvalue weighted by molar-refractivity contribution is -0.125. The highest BCUT2D eigenvalue weighted by atomic mass is 16.5. The Morgan fingerprint density at radius 2 is 1.74 bits per heavy atom. The number of carbonyl (C=O) groups is 3. The lowest BCUT2D eigenvalue weighted by Crippen LogP contribution is -2.43. The smallest absolute Gasteiger partial charge is 0.268 e. The van der Waals surface area contributed by atoms with Crippen molar-refractivity contribution >= 4 is 29.1 Å². The maximum absolute atomic E-state index is 13.9. The number of nitrogens with one attached hydrogen (secondary N) is 2. The van der Waals surface area contributed by atoms with Crippen molar-refractivity contribution in [1.82, 2.24) is 5.32 Å². The van der Waals surface area contributed by atoms with Crippen LogP contribution >= 0.6 is 0 Å². The number of hydrogen-bond acceptors (Lipinski definition) is 5. The summed E-state index contributed by atoms with van der Waals surface area (Å²) in [6.45, 7) is 6.46. The van der Waals surface area contributed by atoms with E-state index in [0.717, 1.165) is 5.56 Å². The predicted octanol–water partition coefficient (Wildman–Crippen LogP) is 4.29. The normalized spacial score (nSPS) is 16.1. The van der Waals surface area contributed by atoms with Gasteiger partial charge in [0.1, 0.15) is 5.75 Å². The number of ether oxygens (including phenoxy) is 1. The van der Waals surface area contributed by atoms with Crippen molar-refractivity contribution in [3.8, 4) is 5.75 Å². The number of nitrogens with two attached hydrogens (primary N) is 1. The van der Waals surface area contributed by atoms with Gasteiger partial charge in [-0.05, 0) is 54.8 Å². The third kappa shape index (κ3) is 6.20. The summed E-state index contributed by atoms with van der Waals surface area (Å²) in [4.78, 5) is 41.5. The van der Waals surface area contributed by atoms with Crippen LogP contribution in [0.4, 0.5) is 11.4 Å². The fourth-order valence-corrected chi connectivity index (χ4v) is 4.28. The third-order valence-electron chi connectivity index (χ3n) is 6.59. The maximum Gasteiger partial charge on any atom is 0.268 e. The van der Waals surface area contributed by atoms with Crippen LogP contribution in [0.2, 0.25) is 0 Å². The van der Waals surface area contributed by atoms with Crippen molar-refractivity contribution in [3.63, 3.8) is 0 Å². The molecule has 1 heterocycles. The van der Waals surface area contributed by atoms with Gasteiger partial charge in [-0.1, -0.05) is 62.4 Å². The first-order valence-corrected chi connectivity index (χ1v) is 12.7. The predicted molar refractivity (Wildman–Crippen MR) is 148 cm³/mol. The summed E-state index contributed by atoms with van der Waals surface area (Å²) in [5.41, 5.74) is 7.61. The fourth-order valence-electron chi connectivity index (χ4n) is 4.28. The Balaban J connectivity index is 1.71. The summed E-state index contributed by atoms with van der Waals surface area (Å²) in [7, 11) is 0. The average molecular weight is 515 g/mol. The standard InChI is InChI=1S/C30H34N4O4/c1-20(38-23-12-8-5-9-13-23)29(37)34-25-15-14-22(28(36)32-19-30(2,3)18-31)16-24(25)33-27(35)17-26(34)21-10-6-4-7-11-21/h4-16,20,26H,17-19,31H2,1-3H3,(H,32,36)(H,33,35). The first-order valence-electron chi connectivity index (χ1n) is 12.7. The molecule has 8 heteroatoms. The minimum Gasteiger partial charge on any atom is -0.481 e. The van der Waals surface area contributed by atoms with Gasteiger partial charge < -0.3 is 21.1 Å². The summed E-state index contributed by atoms with van der Waals surface area (Å²) < 4.78 is 5.96. The van der Waals surface area contributed by atoms with Gasteiger partial charge >= 0.3 is 0 Å². The number of fused-ring (bicyclic) bond motifs is 1. The molecule has 0 saturated heterocycles. The molecule has 4 rings (SSSR count). The zero-order chi connectivity index (χ0) is 27.3. The van der Waals surface area contributed by atoms with E-state index in [1.165, 1.54) is 0 Å². The first-order chi connectivity index (χ1) is 18.2. The largest absolute Gasteiger partial charge is 0.481 e. The Morgan fingerprint density at radius 3 is 2.39 bits per heavy atom. The quantitative estimate of drug-likeness (QED) is 0.415. The second kappa shape index (κ2) is 11.5. The molecule has 1 aliphatic rings. The monoisotopic (exact) mass is 514 g/mol. The second-order valence-corrected chi connectivity index (χ2v) is 10.2. The minimum atomic E-state index is -0.828. The van der Waals surface area contributed by atoms with Crippen LogP contribution in [0.1, 0.15) is 49.2 Å². The van der Waals surface area contributed by atoms with Gasteiger partial charge in [0.25, 0.3) is 11.8 Å². The lowest BCUT2D eigenvalue weighted by atomic mass is 9.94. The van der Waals surface area contributed by atoms with Gasteiger partial charge in [-0.25, -0.2) is 0 Å². The number of rotatable bonds is 8. The van der Waals surface area contributed by atoms with Crippen LogP contribution in [0.3, 0.4) is 0 Å². The molecular formula is C30H34N4O4. The summed E-state index contributed by atoms with van der Waals surface area (Å²) in [5.74, 6) is -0.274. The first kappa shape index (κ1) is 26.9. The number of para-hydroxylation sites is 1. The van der Waals surface area contributed by atoms with Crippen LogP contribution in [-0.4, -0.2) is 36.9 Å². The van der Waals surface area contributed by atoms with Crippen LogP contribution < -0.4 is 26.0 Å². The van der Waals surface area contributed by atoms with Gasteiger partial charge in [-0.2, -0.15) is 0 Å². The van der Waals surface area contributed by atoms with Crippen LogP contribution in [0.25, 0.3) is 0 Å². The van der Waals surface area contributed by atoms with Crippen molar-refractivity contribution in [2.45, 2.75) is 39.3 Å². The highest BCUT2D eigenvalue weighted by Crippen LogP contribution is 2.39. The average Bonchev–Trinajstić information content (AvgIpc) is 3.07. The summed E-state index contributed by atoms with van der Waals surface area (Å²) in [5, 5.41) is 5.81. The molecule has 0 spiro atoms. The van der Waals surface area contributed by atoms with E-state index in [-0.39, 0.29) is 29.6 Å². The van der Waals surface area contributed by atoms with E-state index < -0.39 is 12.1 Å². The summed E-state index contributed by atoms with van der Waals surface area (Å²) in [6, 6.07) is 23.0. The van der Waals surface area contributed by atoms with Gasteiger partial charge in [0.05, 0.1) is 23.8 Å². The lowest BCUT2D eigenvalue weighted by Gasteiger charge is -2.33. The Kier molecular flexibility index (Phi) is 8.12. The molecule has 0 aliphatic carbocycles. The van der Waals surface area contributed by atoms with E-state index in [9.17, 15) is 14.4 Å². The van der Waals surface area contributed by atoms with Crippen molar-refractivity contribution in [1.29, 1.82) is 0 Å². The van der Waals surface area contributed by atoms with E-state index in [4.69, 9.17) is 10.5 Å². The molecule has 2 unspecified atom stereocenters. The van der Waals surface area contributed by atoms with Crippen LogP contribution in [0.15, 0.2) is 78.9 Å². The third-order valence-corrected chi connectivity index (χ3v) is 6.59. The number of nitrogens with zero attached hydrogens (tertiary/aromatic N) is 1. The Labute approximate surface area is 223 Å². The van der Waals surface area contributed by atoms with Crippen LogP contribution in [0, 0.1) is 5.41 Å². The Morgan fingerprint density at radius 1 is 1.08 bits per heavy atom. The molecule has 2 atom stereocenters. The Hall–Kier alpha value is -4.17. The highest BCUT2D eigenvalue weighted by molar-refractivity contribution is 6.07. The molecule has 3 amide bonds. The van der Waals surface area contributed by atoms with E-state index in [0.29, 0.717) is 35.8 Å². The van der Waals surface area contributed by atoms with Gasteiger partial charge in [0.2, 0.25) is 5.91 Å². The summed E-state index contributed by atoms with van der Waals surface area (Å²) >= 11 is 0. The number of amides is 3. The van der Waals surface area contributed by atoms with Crippen molar-refractivity contribution in [2.24, 2.45) is 11.1 Å². The van der Waals surface area contributed by atoms with Gasteiger partial charge in [0.15, 0.2) is 6.10 Å². The van der Waals surface area contributed by atoms with E-state index in [1.54, 1.807) is 42.2 Å². The van der Waals surface area contributed by atoms with E-state index in [2.05, 4.69) is 10.6 Å². The van der Waals surface area contributed by atoms with E-state index in [1.807, 2.05) is 62.4 Å². The maximum atomic E-state index is 13.9. The SMILES string of the molecule is CC(Oc1ccccc1)C(=O)N1c2ccc(C(=O)NCC(C)(C)CN)cc2NC(=O)CC1c1ccccc1. The Bertz CT molecular complexity index is 1290. The van der Waals surface area contributed by atoms with Gasteiger partial charge in [-0.15, -0.1) is 0 Å². The molecule has 0 aromatic heterocycles. The molecule has 198 valence electrons. The van der Waals surface area contributed by atoms with Crippen molar-refractivity contribution in [3.05, 3.63) is 90.0 Å². The molecule has 38 heavy (non-hydrogen) atoms. The second-order valence-electron chi connectivity index (χ2n) is 10.2. The molecule has 0 saturated carbocycles. The fraction of sp³-hybridized carbons (Fsp3) is 0.300. The zero-order valence-corrected chi connectivity index (χ0v) is 21.9. The number of carbonyl (C=O) groups excluding carboxylic acids is 3. The number of hydrogen-bond donors (Lipinski definition) is 3. The molecule has 1 aliphatic heterocycles. The van der Waals surface area contributed by atoms with Crippen LogP contribution in [0.5, 0.6) is 5.75 Å². The van der Waals surface area contributed by atoms with Crippen molar-refractivity contribution < 1.29 is 19.1 Å². The van der Waals surface area contributed by atoms with E-state index >= 15 is 0 Å². The molecule has 0 radical (unpaired) electrons. The molecule has 0 bridgehead atoms. The number of benzene rings is 3. The molecule has 4 N–H and O–H groups in total. The molecular weight excluding hydrogens is 480 g/mol. The number of anilines is 2. The molecule has 3 aromatic carbocycles. The zero-order valence-electron chi connectivity index (χ0n) is 21.9. The van der Waals surface area contributed by atoms with Crippen molar-refractivity contribution in [2.75, 3.05) is 23.3 Å². The molecule has 3 aromatic rings. The highest BCUT2D eigenvalue weighted by Gasteiger charge is 2.36. The van der Waals surface area contributed by atoms with Crippen LogP contribution in [-0.2, 0) is 9.59 Å². The summed E-state index contributed by atoms with van der Waals surface area (Å²) in [6.07, 6.45) is -0.777. The molecule has 0 fully saturated rings. The van der Waals surface area contributed by atoms with Gasteiger partial charge in [-0.3, -0.25) is 19.3 Å². The molecule has 8 nitrogen and oxygen atoms in total. The van der Waals surface area contributed by atoms with Gasteiger partial charge in [0, 0.05) is 12.1 Å².